The molecule has 1 saturated heterocycles. The molecule has 3 N–H and O–H groups in total. The standard InChI is InChI=1S/C21H34N6O.HI/c1-2-22-21(25-12-11-24-20(28)18-7-8-18)26-16-17-9-10-23-19(15-17)27-13-5-3-4-6-14-27;/h9-10,15,18H,2-8,11-14,16H2,1H3,(H,24,28)(H2,22,25,26);1H. The Hall–Kier alpha value is -1.58. The molecule has 2 heterocycles. The van der Waals surface area contributed by atoms with Gasteiger partial charge in [-0.15, -0.1) is 24.0 Å². The Balaban J connectivity index is 0.00000300. The van der Waals surface area contributed by atoms with E-state index in [-0.39, 0.29) is 35.8 Å². The van der Waals surface area contributed by atoms with Crippen molar-refractivity contribution in [2.75, 3.05) is 37.6 Å². The molecule has 1 aromatic rings. The van der Waals surface area contributed by atoms with E-state index >= 15 is 0 Å². The molecule has 0 radical (unpaired) electrons. The number of pyridine rings is 1. The molecule has 0 aromatic carbocycles. The normalized spacial score (nSPS) is 17.1. The van der Waals surface area contributed by atoms with Crippen LogP contribution in [0.2, 0.25) is 0 Å². The van der Waals surface area contributed by atoms with Gasteiger partial charge in [-0.3, -0.25) is 4.79 Å². The van der Waals surface area contributed by atoms with E-state index in [1.165, 1.54) is 25.7 Å². The zero-order valence-electron chi connectivity index (χ0n) is 17.5. The van der Waals surface area contributed by atoms with Crippen LogP contribution in [0.25, 0.3) is 0 Å². The van der Waals surface area contributed by atoms with Gasteiger partial charge in [0, 0.05) is 44.8 Å². The van der Waals surface area contributed by atoms with Gasteiger partial charge in [-0.2, -0.15) is 0 Å². The Morgan fingerprint density at radius 2 is 1.86 bits per heavy atom. The Morgan fingerprint density at radius 3 is 2.55 bits per heavy atom. The molecule has 3 rings (SSSR count). The molecular formula is C21H35IN6O. The molecule has 1 aromatic heterocycles. The molecule has 8 heteroatoms. The molecule has 29 heavy (non-hydrogen) atoms. The van der Waals surface area contributed by atoms with Gasteiger partial charge in [-0.05, 0) is 50.3 Å². The number of amides is 1. The molecular weight excluding hydrogens is 479 g/mol. The third-order valence-corrected chi connectivity index (χ3v) is 5.17. The number of carbonyl (C=O) groups is 1. The van der Waals surface area contributed by atoms with Crippen molar-refractivity contribution in [1.82, 2.24) is 20.9 Å². The van der Waals surface area contributed by atoms with Crippen LogP contribution in [-0.2, 0) is 11.3 Å². The minimum absolute atomic E-state index is 0. The predicted octanol–water partition coefficient (Wildman–Crippen LogP) is 2.66. The Morgan fingerprint density at radius 1 is 1.14 bits per heavy atom. The highest BCUT2D eigenvalue weighted by atomic mass is 127. The van der Waals surface area contributed by atoms with Crippen molar-refractivity contribution in [3.05, 3.63) is 23.9 Å². The van der Waals surface area contributed by atoms with Crippen molar-refractivity contribution in [2.45, 2.75) is 52.0 Å². The maximum Gasteiger partial charge on any atom is 0.223 e. The monoisotopic (exact) mass is 514 g/mol. The lowest BCUT2D eigenvalue weighted by Gasteiger charge is -2.21. The van der Waals surface area contributed by atoms with Gasteiger partial charge in [-0.1, -0.05) is 12.8 Å². The lowest BCUT2D eigenvalue weighted by Crippen LogP contribution is -2.41. The van der Waals surface area contributed by atoms with Crippen molar-refractivity contribution < 1.29 is 4.79 Å². The maximum absolute atomic E-state index is 11.7. The van der Waals surface area contributed by atoms with Crippen LogP contribution in [0, 0.1) is 5.92 Å². The van der Waals surface area contributed by atoms with E-state index in [2.05, 4.69) is 43.8 Å². The van der Waals surface area contributed by atoms with Crippen LogP contribution in [0.1, 0.15) is 51.0 Å². The number of nitrogens with zero attached hydrogens (tertiary/aromatic N) is 3. The number of rotatable bonds is 8. The van der Waals surface area contributed by atoms with Gasteiger partial charge in [0.1, 0.15) is 5.82 Å². The molecule has 1 saturated carbocycles. The fourth-order valence-corrected chi connectivity index (χ4v) is 3.40. The summed E-state index contributed by atoms with van der Waals surface area (Å²) in [6.07, 6.45) is 9.09. The van der Waals surface area contributed by atoms with Crippen LogP contribution in [0.15, 0.2) is 23.3 Å². The van der Waals surface area contributed by atoms with Crippen molar-refractivity contribution in [2.24, 2.45) is 10.9 Å². The largest absolute Gasteiger partial charge is 0.357 e. The summed E-state index contributed by atoms with van der Waals surface area (Å²) >= 11 is 0. The summed E-state index contributed by atoms with van der Waals surface area (Å²) in [5, 5.41) is 9.52. The summed E-state index contributed by atoms with van der Waals surface area (Å²) in [5.41, 5.74) is 1.16. The van der Waals surface area contributed by atoms with E-state index < -0.39 is 0 Å². The number of halogens is 1. The highest BCUT2D eigenvalue weighted by molar-refractivity contribution is 14.0. The minimum Gasteiger partial charge on any atom is -0.357 e. The fraction of sp³-hybridized carbons (Fsp3) is 0.667. The Labute approximate surface area is 191 Å². The van der Waals surface area contributed by atoms with Crippen LogP contribution in [0.5, 0.6) is 0 Å². The third-order valence-electron chi connectivity index (χ3n) is 5.17. The number of nitrogens with one attached hydrogen (secondary N) is 3. The molecule has 1 aliphatic heterocycles. The van der Waals surface area contributed by atoms with Gasteiger partial charge in [0.05, 0.1) is 6.54 Å². The van der Waals surface area contributed by atoms with Crippen molar-refractivity contribution in [1.29, 1.82) is 0 Å². The second kappa shape index (κ2) is 12.9. The second-order valence-corrected chi connectivity index (χ2v) is 7.61. The van der Waals surface area contributed by atoms with Crippen LogP contribution < -0.4 is 20.9 Å². The van der Waals surface area contributed by atoms with E-state index in [0.717, 1.165) is 49.8 Å². The van der Waals surface area contributed by atoms with Crippen LogP contribution >= 0.6 is 24.0 Å². The molecule has 162 valence electrons. The first kappa shape index (κ1) is 23.7. The average molecular weight is 514 g/mol. The first-order chi connectivity index (χ1) is 13.8. The van der Waals surface area contributed by atoms with Gasteiger partial charge in [0.2, 0.25) is 5.91 Å². The molecule has 2 aliphatic rings. The SMILES string of the molecule is CCNC(=NCc1ccnc(N2CCCCCC2)c1)NCCNC(=O)C1CC1.I. The molecule has 0 spiro atoms. The van der Waals surface area contributed by atoms with Crippen LogP contribution in [0.4, 0.5) is 5.82 Å². The highest BCUT2D eigenvalue weighted by Crippen LogP contribution is 2.28. The fourth-order valence-electron chi connectivity index (χ4n) is 3.40. The molecule has 0 unspecified atom stereocenters. The summed E-state index contributed by atoms with van der Waals surface area (Å²) in [6, 6.07) is 4.19. The zero-order chi connectivity index (χ0) is 19.6. The first-order valence-electron chi connectivity index (χ1n) is 10.8. The second-order valence-electron chi connectivity index (χ2n) is 7.61. The average Bonchev–Trinajstić information content (AvgIpc) is 3.56. The van der Waals surface area contributed by atoms with Gasteiger partial charge in [-0.25, -0.2) is 9.98 Å². The topological polar surface area (TPSA) is 81.7 Å². The van der Waals surface area contributed by atoms with E-state index in [1.54, 1.807) is 0 Å². The molecule has 7 nitrogen and oxygen atoms in total. The number of guanidine groups is 1. The number of aliphatic imine (C=N–C) groups is 1. The molecule has 0 bridgehead atoms. The summed E-state index contributed by atoms with van der Waals surface area (Å²) in [6.45, 7) is 6.93. The van der Waals surface area contributed by atoms with Crippen molar-refractivity contribution >= 4 is 41.7 Å². The number of carbonyl (C=O) groups excluding carboxylic acids is 1. The third kappa shape index (κ3) is 8.36. The molecule has 1 amide bonds. The van der Waals surface area contributed by atoms with Crippen molar-refractivity contribution in [3.63, 3.8) is 0 Å². The van der Waals surface area contributed by atoms with E-state index in [1.807, 2.05) is 12.3 Å². The zero-order valence-corrected chi connectivity index (χ0v) is 19.8. The Bertz CT molecular complexity index is 656. The van der Waals surface area contributed by atoms with Gasteiger partial charge >= 0.3 is 0 Å². The van der Waals surface area contributed by atoms with Crippen LogP contribution in [-0.4, -0.2) is 49.6 Å². The van der Waals surface area contributed by atoms with Gasteiger partial charge < -0.3 is 20.9 Å². The minimum atomic E-state index is 0. The quantitative estimate of drug-likeness (QED) is 0.215. The number of aromatic nitrogens is 1. The first-order valence-corrected chi connectivity index (χ1v) is 10.8. The van der Waals surface area contributed by atoms with Crippen LogP contribution in [0.3, 0.4) is 0 Å². The maximum atomic E-state index is 11.7. The van der Waals surface area contributed by atoms with E-state index in [9.17, 15) is 4.79 Å². The Kier molecular flexibility index (Phi) is 10.5. The van der Waals surface area contributed by atoms with Crippen molar-refractivity contribution in [3.8, 4) is 0 Å². The molecule has 0 atom stereocenters. The summed E-state index contributed by atoms with van der Waals surface area (Å²) in [7, 11) is 0. The molecule has 2 fully saturated rings. The smallest absolute Gasteiger partial charge is 0.223 e. The highest BCUT2D eigenvalue weighted by Gasteiger charge is 2.28. The lowest BCUT2D eigenvalue weighted by atomic mass is 10.2. The van der Waals surface area contributed by atoms with E-state index in [0.29, 0.717) is 19.6 Å². The summed E-state index contributed by atoms with van der Waals surface area (Å²) in [4.78, 5) is 23.3. The number of anilines is 1. The molecule has 1 aliphatic carbocycles. The lowest BCUT2D eigenvalue weighted by molar-refractivity contribution is -0.122. The van der Waals surface area contributed by atoms with E-state index in [4.69, 9.17) is 0 Å². The summed E-state index contributed by atoms with van der Waals surface area (Å²) in [5.74, 6) is 2.28. The van der Waals surface area contributed by atoms with Gasteiger partial charge in [0.25, 0.3) is 0 Å². The number of hydrogen-bond acceptors (Lipinski definition) is 4. The predicted molar refractivity (Wildman–Crippen MR) is 129 cm³/mol. The summed E-state index contributed by atoms with van der Waals surface area (Å²) < 4.78 is 0. The number of hydrogen-bond donors (Lipinski definition) is 3. The van der Waals surface area contributed by atoms with Gasteiger partial charge in [0.15, 0.2) is 5.96 Å².